The molecule has 0 aromatic heterocycles. The first-order valence-electron chi connectivity index (χ1n) is 6.51. The summed E-state index contributed by atoms with van der Waals surface area (Å²) in [7, 11) is -3.51. The van der Waals surface area contributed by atoms with Gasteiger partial charge >= 0.3 is 12.1 Å². The van der Waals surface area contributed by atoms with Gasteiger partial charge in [-0.3, -0.25) is 4.18 Å². The number of alkyl carbamates (subject to hydrolysis) is 1. The number of nitrogens with one attached hydrogen (secondary N) is 1. The first kappa shape index (κ1) is 17.7. The van der Waals surface area contributed by atoms with Gasteiger partial charge in [-0.15, -0.1) is 0 Å². The Morgan fingerprint density at radius 1 is 1.43 bits per heavy atom. The lowest BCUT2D eigenvalue weighted by atomic mass is 10.1. The fraction of sp³-hybridized carbons (Fsp3) is 0.833. The molecule has 1 saturated heterocycles. The predicted octanol–water partition coefficient (Wildman–Crippen LogP) is 0.562. The van der Waals surface area contributed by atoms with Crippen molar-refractivity contribution >= 4 is 22.2 Å². The highest BCUT2D eigenvalue weighted by atomic mass is 32.2. The van der Waals surface area contributed by atoms with Gasteiger partial charge in [0, 0.05) is 12.8 Å². The van der Waals surface area contributed by atoms with Gasteiger partial charge in [-0.25, -0.2) is 9.59 Å². The topological polar surface area (TPSA) is 108 Å². The lowest BCUT2D eigenvalue weighted by Gasteiger charge is -2.20. The summed E-state index contributed by atoms with van der Waals surface area (Å²) in [4.78, 5) is 23.2. The van der Waals surface area contributed by atoms with Crippen molar-refractivity contribution in [2.75, 3.05) is 12.9 Å². The fourth-order valence-electron chi connectivity index (χ4n) is 1.73. The molecule has 0 aromatic carbocycles. The second kappa shape index (κ2) is 6.61. The van der Waals surface area contributed by atoms with E-state index in [0.29, 0.717) is 0 Å². The standard InChI is InChI=1S/C12H21NO7S/c1-12(2,3)20-11(15)13-9-7-8(19-10(9)14)5-6-18-21(4,16)17/h8-9H,5-7H2,1-4H3,(H,13,15)/t8-,9+/m0/s1. The van der Waals surface area contributed by atoms with Crippen LogP contribution in [0, 0.1) is 0 Å². The molecule has 1 aliphatic heterocycles. The fourth-order valence-corrected chi connectivity index (χ4v) is 2.13. The molecule has 0 spiro atoms. The first-order valence-corrected chi connectivity index (χ1v) is 8.32. The highest BCUT2D eigenvalue weighted by Gasteiger charge is 2.36. The molecule has 1 fully saturated rings. The van der Waals surface area contributed by atoms with E-state index in [0.717, 1.165) is 6.26 Å². The van der Waals surface area contributed by atoms with Crippen LogP contribution in [0.1, 0.15) is 33.6 Å². The third kappa shape index (κ3) is 7.28. The van der Waals surface area contributed by atoms with E-state index in [2.05, 4.69) is 9.50 Å². The van der Waals surface area contributed by atoms with Gasteiger partial charge < -0.3 is 14.8 Å². The van der Waals surface area contributed by atoms with E-state index in [1.165, 1.54) is 0 Å². The van der Waals surface area contributed by atoms with Gasteiger partial charge in [-0.2, -0.15) is 8.42 Å². The van der Waals surface area contributed by atoms with Crippen molar-refractivity contribution in [3.63, 3.8) is 0 Å². The number of cyclic esters (lactones) is 1. The Bertz CT molecular complexity index is 494. The van der Waals surface area contributed by atoms with E-state index >= 15 is 0 Å². The van der Waals surface area contributed by atoms with Gasteiger partial charge in [0.2, 0.25) is 0 Å². The largest absolute Gasteiger partial charge is 0.461 e. The van der Waals surface area contributed by atoms with Crippen molar-refractivity contribution in [3.05, 3.63) is 0 Å². The molecule has 1 N–H and O–H groups in total. The van der Waals surface area contributed by atoms with Gasteiger partial charge in [0.1, 0.15) is 17.7 Å². The molecular formula is C12H21NO7S. The van der Waals surface area contributed by atoms with E-state index < -0.39 is 39.9 Å². The number of rotatable bonds is 5. The Morgan fingerprint density at radius 3 is 2.57 bits per heavy atom. The minimum atomic E-state index is -3.51. The van der Waals surface area contributed by atoms with Gasteiger partial charge in [-0.1, -0.05) is 0 Å². The Labute approximate surface area is 124 Å². The summed E-state index contributed by atoms with van der Waals surface area (Å²) in [6.45, 7) is 5.07. The van der Waals surface area contributed by atoms with E-state index in [1.54, 1.807) is 20.8 Å². The molecule has 1 aliphatic rings. The van der Waals surface area contributed by atoms with Crippen molar-refractivity contribution in [3.8, 4) is 0 Å². The van der Waals surface area contributed by atoms with Crippen LogP contribution in [0.2, 0.25) is 0 Å². The molecule has 2 atom stereocenters. The number of hydrogen-bond donors (Lipinski definition) is 1. The molecule has 1 rings (SSSR count). The minimum Gasteiger partial charge on any atom is -0.461 e. The molecule has 1 amide bonds. The smallest absolute Gasteiger partial charge is 0.408 e. The van der Waals surface area contributed by atoms with E-state index in [-0.39, 0.29) is 19.4 Å². The van der Waals surface area contributed by atoms with Crippen molar-refractivity contribution < 1.29 is 31.7 Å². The molecule has 122 valence electrons. The molecule has 21 heavy (non-hydrogen) atoms. The maximum Gasteiger partial charge on any atom is 0.408 e. The highest BCUT2D eigenvalue weighted by Crippen LogP contribution is 2.19. The number of ether oxygens (including phenoxy) is 2. The van der Waals surface area contributed by atoms with Gasteiger partial charge in [-0.05, 0) is 20.8 Å². The molecule has 8 nitrogen and oxygen atoms in total. The Balaban J connectivity index is 2.39. The average molecular weight is 323 g/mol. The summed E-state index contributed by atoms with van der Waals surface area (Å²) in [6.07, 6.45) is 0.258. The van der Waals surface area contributed by atoms with Crippen LogP contribution >= 0.6 is 0 Å². The van der Waals surface area contributed by atoms with Crippen LogP contribution in [-0.2, 0) is 28.6 Å². The minimum absolute atomic E-state index is 0.0735. The quantitative estimate of drug-likeness (QED) is 0.581. The van der Waals surface area contributed by atoms with Crippen molar-refractivity contribution in [1.82, 2.24) is 5.32 Å². The number of esters is 1. The van der Waals surface area contributed by atoms with Crippen LogP contribution in [0.4, 0.5) is 4.79 Å². The second-order valence-electron chi connectivity index (χ2n) is 5.81. The molecule has 1 heterocycles. The maximum atomic E-state index is 11.6. The monoisotopic (exact) mass is 323 g/mol. The molecule has 0 aromatic rings. The SMILES string of the molecule is CC(C)(C)OC(=O)N[C@@H]1C[C@H](CCOS(C)(=O)=O)OC1=O. The third-order valence-corrected chi connectivity index (χ3v) is 3.09. The van der Waals surface area contributed by atoms with Crippen LogP contribution in [-0.4, -0.2) is 51.1 Å². The zero-order valence-corrected chi connectivity index (χ0v) is 13.4. The van der Waals surface area contributed by atoms with Crippen molar-refractivity contribution in [2.45, 2.75) is 51.4 Å². The number of hydrogen-bond acceptors (Lipinski definition) is 7. The maximum absolute atomic E-state index is 11.6. The summed E-state index contributed by atoms with van der Waals surface area (Å²) < 4.78 is 36.3. The van der Waals surface area contributed by atoms with Crippen LogP contribution < -0.4 is 5.32 Å². The molecule has 9 heteroatoms. The normalized spacial score (nSPS) is 22.8. The Morgan fingerprint density at radius 2 is 2.05 bits per heavy atom. The van der Waals surface area contributed by atoms with Crippen LogP contribution in [0.25, 0.3) is 0 Å². The van der Waals surface area contributed by atoms with Crippen molar-refractivity contribution in [1.29, 1.82) is 0 Å². The Kier molecular flexibility index (Phi) is 5.57. The molecule has 0 bridgehead atoms. The van der Waals surface area contributed by atoms with Crippen LogP contribution in [0.5, 0.6) is 0 Å². The zero-order chi connectivity index (χ0) is 16.3. The lowest BCUT2D eigenvalue weighted by Crippen LogP contribution is -2.41. The molecule has 0 unspecified atom stereocenters. The summed E-state index contributed by atoms with van der Waals surface area (Å²) in [5, 5.41) is 2.43. The van der Waals surface area contributed by atoms with E-state index in [4.69, 9.17) is 9.47 Å². The zero-order valence-electron chi connectivity index (χ0n) is 12.5. The molecule has 0 radical (unpaired) electrons. The van der Waals surface area contributed by atoms with Gasteiger partial charge in [0.15, 0.2) is 0 Å². The first-order chi connectivity index (χ1) is 9.46. The van der Waals surface area contributed by atoms with Crippen molar-refractivity contribution in [2.24, 2.45) is 0 Å². The van der Waals surface area contributed by atoms with E-state index in [1.807, 2.05) is 0 Å². The lowest BCUT2D eigenvalue weighted by molar-refractivity contribution is -0.143. The summed E-state index contributed by atoms with van der Waals surface area (Å²) >= 11 is 0. The van der Waals surface area contributed by atoms with E-state index in [9.17, 15) is 18.0 Å². The van der Waals surface area contributed by atoms with Gasteiger partial charge in [0.25, 0.3) is 10.1 Å². The highest BCUT2D eigenvalue weighted by molar-refractivity contribution is 7.85. The van der Waals surface area contributed by atoms with Crippen LogP contribution in [0.3, 0.4) is 0 Å². The summed E-state index contributed by atoms with van der Waals surface area (Å²) in [6, 6.07) is -0.789. The molecule has 0 saturated carbocycles. The molecular weight excluding hydrogens is 302 g/mol. The number of carbonyl (C=O) groups excluding carboxylic acids is 2. The number of amides is 1. The van der Waals surface area contributed by atoms with Crippen LogP contribution in [0.15, 0.2) is 0 Å². The Hall–Kier alpha value is -1.35. The van der Waals surface area contributed by atoms with Gasteiger partial charge in [0.05, 0.1) is 12.9 Å². The predicted molar refractivity (Wildman–Crippen MR) is 73.1 cm³/mol. The summed E-state index contributed by atoms with van der Waals surface area (Å²) in [5.74, 6) is -0.565. The molecule has 0 aliphatic carbocycles. The summed E-state index contributed by atoms with van der Waals surface area (Å²) in [5.41, 5.74) is -0.657. The average Bonchev–Trinajstić information content (AvgIpc) is 2.54. The second-order valence-corrected chi connectivity index (χ2v) is 7.45. The number of carbonyl (C=O) groups is 2. The third-order valence-electron chi connectivity index (χ3n) is 2.49.